The fraction of sp³-hybridized carbons (Fsp3) is 0. The summed E-state index contributed by atoms with van der Waals surface area (Å²) in [6, 6.07) is 5.88. The number of amides is 1. The van der Waals surface area contributed by atoms with Crippen molar-refractivity contribution in [2.45, 2.75) is 0 Å². The second-order valence-corrected chi connectivity index (χ2v) is 3.27. The van der Waals surface area contributed by atoms with Gasteiger partial charge in [0.1, 0.15) is 11.5 Å². The summed E-state index contributed by atoms with van der Waals surface area (Å²) in [5, 5.41) is 0. The number of carbonyl (C=O) groups excluding carboxylic acids is 1. The zero-order valence-electron chi connectivity index (χ0n) is 8.72. The first-order chi connectivity index (χ1) is 8.20. The molecule has 0 saturated heterocycles. The Morgan fingerprint density at radius 3 is 2.88 bits per heavy atom. The van der Waals surface area contributed by atoms with Crippen molar-refractivity contribution >= 4 is 5.91 Å². The molecule has 17 heavy (non-hydrogen) atoms. The van der Waals surface area contributed by atoms with Crippen molar-refractivity contribution in [1.82, 2.24) is 15.4 Å². The van der Waals surface area contributed by atoms with Crippen LogP contribution in [-0.2, 0) is 0 Å². The second-order valence-electron chi connectivity index (χ2n) is 3.27. The zero-order chi connectivity index (χ0) is 12.3. The molecule has 1 amide bonds. The van der Waals surface area contributed by atoms with Crippen molar-refractivity contribution < 1.29 is 9.18 Å². The van der Waals surface area contributed by atoms with E-state index >= 15 is 0 Å². The minimum atomic E-state index is -0.546. The molecule has 86 valence electrons. The van der Waals surface area contributed by atoms with Crippen LogP contribution in [0.1, 0.15) is 10.5 Å². The average molecular weight is 232 g/mol. The van der Waals surface area contributed by atoms with Crippen molar-refractivity contribution in [2.24, 2.45) is 5.84 Å². The van der Waals surface area contributed by atoms with Crippen LogP contribution < -0.4 is 11.3 Å². The van der Waals surface area contributed by atoms with E-state index in [-0.39, 0.29) is 11.5 Å². The first-order valence-corrected chi connectivity index (χ1v) is 4.79. The van der Waals surface area contributed by atoms with E-state index in [1.165, 1.54) is 24.5 Å². The molecule has 2 rings (SSSR count). The summed E-state index contributed by atoms with van der Waals surface area (Å²) in [4.78, 5) is 19.1. The van der Waals surface area contributed by atoms with Crippen molar-refractivity contribution in [3.63, 3.8) is 0 Å². The van der Waals surface area contributed by atoms with Gasteiger partial charge in [-0.25, -0.2) is 15.2 Å². The molecule has 0 aliphatic rings. The van der Waals surface area contributed by atoms with E-state index in [2.05, 4.69) is 9.97 Å². The van der Waals surface area contributed by atoms with Gasteiger partial charge < -0.3 is 0 Å². The number of benzene rings is 1. The Hall–Kier alpha value is -2.34. The van der Waals surface area contributed by atoms with Gasteiger partial charge in [-0.05, 0) is 12.1 Å². The summed E-state index contributed by atoms with van der Waals surface area (Å²) >= 11 is 0. The maximum Gasteiger partial charge on any atom is 0.285 e. The van der Waals surface area contributed by atoms with E-state index in [4.69, 9.17) is 5.84 Å². The van der Waals surface area contributed by atoms with E-state index < -0.39 is 5.91 Å². The van der Waals surface area contributed by atoms with E-state index in [1.807, 2.05) is 5.43 Å². The summed E-state index contributed by atoms with van der Waals surface area (Å²) in [6.07, 6.45) is 2.73. The van der Waals surface area contributed by atoms with Crippen LogP contribution in [0.3, 0.4) is 0 Å². The number of nitrogens with two attached hydrogens (primary N) is 1. The molecule has 0 spiro atoms. The minimum absolute atomic E-state index is 0.0780. The SMILES string of the molecule is NNC(=O)c1cncc(-c2cccc(F)c2)n1. The van der Waals surface area contributed by atoms with Crippen molar-refractivity contribution in [3.05, 3.63) is 48.2 Å². The second kappa shape index (κ2) is 4.67. The number of halogens is 1. The van der Waals surface area contributed by atoms with Crippen molar-refractivity contribution in [3.8, 4) is 11.3 Å². The molecule has 0 fully saturated rings. The molecule has 0 aliphatic carbocycles. The third-order valence-electron chi connectivity index (χ3n) is 2.12. The molecule has 0 atom stereocenters. The predicted molar refractivity (Wildman–Crippen MR) is 59.1 cm³/mol. The van der Waals surface area contributed by atoms with Gasteiger partial charge in [0.25, 0.3) is 5.91 Å². The molecular weight excluding hydrogens is 223 g/mol. The molecule has 1 aromatic carbocycles. The molecular formula is C11H9FN4O. The molecule has 3 N–H and O–H groups in total. The molecule has 0 unspecified atom stereocenters. The zero-order valence-corrected chi connectivity index (χ0v) is 8.72. The van der Waals surface area contributed by atoms with Crippen LogP contribution in [0.15, 0.2) is 36.7 Å². The molecule has 6 heteroatoms. The lowest BCUT2D eigenvalue weighted by Gasteiger charge is -2.03. The number of hydrazine groups is 1. The van der Waals surface area contributed by atoms with Gasteiger partial charge in [0.05, 0.1) is 18.1 Å². The molecule has 5 nitrogen and oxygen atoms in total. The van der Waals surface area contributed by atoms with E-state index in [1.54, 1.807) is 12.1 Å². The lowest BCUT2D eigenvalue weighted by molar-refractivity contribution is 0.0948. The molecule has 1 heterocycles. The van der Waals surface area contributed by atoms with Gasteiger partial charge in [0.2, 0.25) is 0 Å². The Morgan fingerprint density at radius 1 is 1.35 bits per heavy atom. The number of hydrogen-bond donors (Lipinski definition) is 2. The molecule has 0 radical (unpaired) electrons. The number of rotatable bonds is 2. The smallest absolute Gasteiger partial charge is 0.285 e. The monoisotopic (exact) mass is 232 g/mol. The third-order valence-corrected chi connectivity index (χ3v) is 2.12. The Morgan fingerprint density at radius 2 is 2.18 bits per heavy atom. The van der Waals surface area contributed by atoms with Gasteiger partial charge in [-0.1, -0.05) is 12.1 Å². The number of aromatic nitrogens is 2. The first-order valence-electron chi connectivity index (χ1n) is 4.79. The van der Waals surface area contributed by atoms with Crippen molar-refractivity contribution in [1.29, 1.82) is 0 Å². The Bertz CT molecular complexity index is 559. The average Bonchev–Trinajstić information content (AvgIpc) is 2.38. The van der Waals surface area contributed by atoms with Gasteiger partial charge in [-0.15, -0.1) is 0 Å². The van der Waals surface area contributed by atoms with Crippen LogP contribution in [0.25, 0.3) is 11.3 Å². The van der Waals surface area contributed by atoms with E-state index in [0.29, 0.717) is 11.3 Å². The van der Waals surface area contributed by atoms with Crippen LogP contribution in [0, 0.1) is 5.82 Å². The fourth-order valence-corrected chi connectivity index (χ4v) is 1.34. The summed E-state index contributed by atoms with van der Waals surface area (Å²) in [5.74, 6) is 4.07. The highest BCUT2D eigenvalue weighted by Crippen LogP contribution is 2.16. The van der Waals surface area contributed by atoms with Gasteiger partial charge >= 0.3 is 0 Å². The van der Waals surface area contributed by atoms with Crippen LogP contribution >= 0.6 is 0 Å². The van der Waals surface area contributed by atoms with E-state index in [9.17, 15) is 9.18 Å². The fourth-order valence-electron chi connectivity index (χ4n) is 1.34. The predicted octanol–water partition coefficient (Wildman–Crippen LogP) is 0.886. The van der Waals surface area contributed by atoms with Gasteiger partial charge in [0, 0.05) is 5.56 Å². The first kappa shape index (κ1) is 11.2. The summed E-state index contributed by atoms with van der Waals surface area (Å²) in [7, 11) is 0. The van der Waals surface area contributed by atoms with E-state index in [0.717, 1.165) is 0 Å². The molecule has 0 aliphatic heterocycles. The van der Waals surface area contributed by atoms with Crippen molar-refractivity contribution in [2.75, 3.05) is 0 Å². The minimum Gasteiger partial charge on any atom is -0.289 e. The molecule has 2 aromatic rings. The summed E-state index contributed by atoms with van der Waals surface area (Å²) < 4.78 is 13.0. The van der Waals surface area contributed by atoms with Gasteiger partial charge in [-0.2, -0.15) is 0 Å². The normalized spacial score (nSPS) is 10.0. The summed E-state index contributed by atoms with van der Waals surface area (Å²) in [6.45, 7) is 0. The maximum atomic E-state index is 13.0. The standard InChI is InChI=1S/C11H9FN4O/c12-8-3-1-2-7(4-8)9-5-14-6-10(15-9)11(17)16-13/h1-6H,13H2,(H,16,17). The van der Waals surface area contributed by atoms with Crippen LogP contribution in [0.5, 0.6) is 0 Å². The molecule has 0 saturated carbocycles. The Balaban J connectivity index is 2.43. The third kappa shape index (κ3) is 2.43. The molecule has 0 bridgehead atoms. The number of nitrogens with zero attached hydrogens (tertiary/aromatic N) is 2. The highest BCUT2D eigenvalue weighted by atomic mass is 19.1. The highest BCUT2D eigenvalue weighted by Gasteiger charge is 2.08. The summed E-state index contributed by atoms with van der Waals surface area (Å²) in [5.41, 5.74) is 2.99. The number of nitrogen functional groups attached to an aromatic ring is 1. The number of carbonyl (C=O) groups is 1. The number of hydrogen-bond acceptors (Lipinski definition) is 4. The van der Waals surface area contributed by atoms with Crippen LogP contribution in [-0.4, -0.2) is 15.9 Å². The topological polar surface area (TPSA) is 80.9 Å². The van der Waals surface area contributed by atoms with Crippen LogP contribution in [0.4, 0.5) is 4.39 Å². The number of nitrogens with one attached hydrogen (secondary N) is 1. The Kier molecular flexibility index (Phi) is 3.06. The molecule has 1 aromatic heterocycles. The van der Waals surface area contributed by atoms with Crippen LogP contribution in [0.2, 0.25) is 0 Å². The Labute approximate surface area is 96.5 Å². The highest BCUT2D eigenvalue weighted by molar-refractivity contribution is 5.91. The quantitative estimate of drug-likeness (QED) is 0.457. The maximum absolute atomic E-state index is 13.0. The largest absolute Gasteiger partial charge is 0.289 e. The lowest BCUT2D eigenvalue weighted by Crippen LogP contribution is -2.30. The van der Waals surface area contributed by atoms with Gasteiger partial charge in [0.15, 0.2) is 0 Å². The lowest BCUT2D eigenvalue weighted by atomic mass is 10.1. The van der Waals surface area contributed by atoms with Gasteiger partial charge in [-0.3, -0.25) is 15.2 Å².